The predicted octanol–water partition coefficient (Wildman–Crippen LogP) is 3.79. The van der Waals surface area contributed by atoms with Gasteiger partial charge in [0.1, 0.15) is 0 Å². The molecule has 112 valence electrons. The van der Waals surface area contributed by atoms with Crippen molar-refractivity contribution in [1.29, 1.82) is 0 Å². The van der Waals surface area contributed by atoms with E-state index >= 15 is 0 Å². The highest BCUT2D eigenvalue weighted by Gasteiger charge is 2.11. The molecule has 0 spiro atoms. The molecule has 1 rings (SSSR count). The molecule has 1 amide bonds. The van der Waals surface area contributed by atoms with E-state index in [-0.39, 0.29) is 5.91 Å². The number of hydrogen-bond donors (Lipinski definition) is 2. The van der Waals surface area contributed by atoms with E-state index in [9.17, 15) is 4.79 Å². The van der Waals surface area contributed by atoms with Gasteiger partial charge in [0.15, 0.2) is 0 Å². The standard InChI is InChI=1S/C17H28N2O/c1-4-6-15(11-12-18)9-10-17(20)19-16-8-5-7-13(2)14(16)3/h5,7-8,15H,4,6,9-12,18H2,1-3H3,(H,19,20). The smallest absolute Gasteiger partial charge is 0.224 e. The number of amides is 1. The molecule has 0 aliphatic carbocycles. The first-order valence-corrected chi connectivity index (χ1v) is 7.64. The Labute approximate surface area is 122 Å². The van der Waals surface area contributed by atoms with Gasteiger partial charge in [-0.2, -0.15) is 0 Å². The van der Waals surface area contributed by atoms with Crippen molar-refractivity contribution >= 4 is 11.6 Å². The van der Waals surface area contributed by atoms with Crippen LogP contribution >= 0.6 is 0 Å². The minimum atomic E-state index is 0.108. The summed E-state index contributed by atoms with van der Waals surface area (Å²) in [7, 11) is 0. The van der Waals surface area contributed by atoms with Gasteiger partial charge in [0.2, 0.25) is 5.91 Å². The molecule has 3 nitrogen and oxygen atoms in total. The van der Waals surface area contributed by atoms with Crippen LogP contribution in [0.5, 0.6) is 0 Å². The summed E-state index contributed by atoms with van der Waals surface area (Å²) < 4.78 is 0. The minimum absolute atomic E-state index is 0.108. The number of hydrogen-bond acceptors (Lipinski definition) is 2. The first-order chi connectivity index (χ1) is 9.58. The van der Waals surface area contributed by atoms with Gasteiger partial charge in [-0.05, 0) is 56.3 Å². The summed E-state index contributed by atoms with van der Waals surface area (Å²) in [5.74, 6) is 0.686. The molecular weight excluding hydrogens is 248 g/mol. The van der Waals surface area contributed by atoms with Crippen molar-refractivity contribution in [3.05, 3.63) is 29.3 Å². The molecule has 3 N–H and O–H groups in total. The van der Waals surface area contributed by atoms with Crippen LogP contribution in [0.1, 0.15) is 50.2 Å². The van der Waals surface area contributed by atoms with Crippen LogP contribution in [0.4, 0.5) is 5.69 Å². The molecule has 20 heavy (non-hydrogen) atoms. The molecule has 0 aromatic heterocycles. The number of carbonyl (C=O) groups is 1. The molecule has 3 heteroatoms. The predicted molar refractivity (Wildman–Crippen MR) is 85.8 cm³/mol. The Hall–Kier alpha value is -1.35. The molecule has 0 heterocycles. The second kappa shape index (κ2) is 8.75. The average molecular weight is 276 g/mol. The summed E-state index contributed by atoms with van der Waals surface area (Å²) in [6.07, 6.45) is 4.85. The van der Waals surface area contributed by atoms with E-state index in [2.05, 4.69) is 25.2 Å². The third-order valence-corrected chi connectivity index (χ3v) is 3.93. The van der Waals surface area contributed by atoms with E-state index in [0.717, 1.165) is 36.9 Å². The Kier molecular flexibility index (Phi) is 7.31. The third kappa shape index (κ3) is 5.33. The van der Waals surface area contributed by atoms with Crippen LogP contribution in [0.2, 0.25) is 0 Å². The molecule has 0 radical (unpaired) electrons. The lowest BCUT2D eigenvalue weighted by atomic mass is 9.94. The Morgan fingerprint density at radius 1 is 1.25 bits per heavy atom. The van der Waals surface area contributed by atoms with Crippen molar-refractivity contribution in [2.75, 3.05) is 11.9 Å². The Morgan fingerprint density at radius 2 is 2.00 bits per heavy atom. The second-order valence-corrected chi connectivity index (χ2v) is 5.57. The van der Waals surface area contributed by atoms with Crippen LogP contribution in [0.25, 0.3) is 0 Å². The van der Waals surface area contributed by atoms with Gasteiger partial charge < -0.3 is 11.1 Å². The van der Waals surface area contributed by atoms with Gasteiger partial charge in [0.05, 0.1) is 0 Å². The number of carbonyl (C=O) groups excluding carboxylic acids is 1. The normalized spacial score (nSPS) is 12.2. The molecule has 0 bridgehead atoms. The Balaban J connectivity index is 2.48. The number of anilines is 1. The molecule has 1 atom stereocenters. The highest BCUT2D eigenvalue weighted by molar-refractivity contribution is 5.91. The summed E-state index contributed by atoms with van der Waals surface area (Å²) in [5.41, 5.74) is 8.91. The maximum Gasteiger partial charge on any atom is 0.224 e. The van der Waals surface area contributed by atoms with Gasteiger partial charge in [-0.15, -0.1) is 0 Å². The molecule has 0 saturated heterocycles. The van der Waals surface area contributed by atoms with E-state index in [0.29, 0.717) is 18.9 Å². The van der Waals surface area contributed by atoms with Crippen molar-refractivity contribution in [2.24, 2.45) is 11.7 Å². The van der Waals surface area contributed by atoms with E-state index in [1.54, 1.807) is 0 Å². The first-order valence-electron chi connectivity index (χ1n) is 7.64. The van der Waals surface area contributed by atoms with Gasteiger partial charge in [-0.3, -0.25) is 4.79 Å². The topological polar surface area (TPSA) is 55.1 Å². The fourth-order valence-corrected chi connectivity index (χ4v) is 2.51. The maximum absolute atomic E-state index is 12.0. The zero-order chi connectivity index (χ0) is 15.0. The van der Waals surface area contributed by atoms with Gasteiger partial charge in [0, 0.05) is 12.1 Å². The summed E-state index contributed by atoms with van der Waals surface area (Å²) >= 11 is 0. The van der Waals surface area contributed by atoms with Crippen LogP contribution < -0.4 is 11.1 Å². The molecule has 1 aromatic rings. The average Bonchev–Trinajstić information content (AvgIpc) is 2.42. The van der Waals surface area contributed by atoms with Gasteiger partial charge >= 0.3 is 0 Å². The maximum atomic E-state index is 12.0. The van der Waals surface area contributed by atoms with Crippen molar-refractivity contribution in [3.63, 3.8) is 0 Å². The van der Waals surface area contributed by atoms with Crippen LogP contribution in [-0.4, -0.2) is 12.5 Å². The fraction of sp³-hybridized carbons (Fsp3) is 0.588. The van der Waals surface area contributed by atoms with E-state index in [4.69, 9.17) is 5.73 Å². The van der Waals surface area contributed by atoms with E-state index in [1.807, 2.05) is 19.1 Å². The van der Waals surface area contributed by atoms with Crippen LogP contribution in [0.3, 0.4) is 0 Å². The molecule has 1 aromatic carbocycles. The van der Waals surface area contributed by atoms with Crippen molar-refractivity contribution in [3.8, 4) is 0 Å². The van der Waals surface area contributed by atoms with Crippen LogP contribution in [0, 0.1) is 19.8 Å². The number of nitrogens with two attached hydrogens (primary N) is 1. The molecule has 0 aliphatic heterocycles. The third-order valence-electron chi connectivity index (χ3n) is 3.93. The SMILES string of the molecule is CCCC(CCN)CCC(=O)Nc1cccc(C)c1C. The lowest BCUT2D eigenvalue weighted by Gasteiger charge is -2.15. The molecule has 0 fully saturated rings. The van der Waals surface area contributed by atoms with Crippen molar-refractivity contribution in [2.45, 2.75) is 52.9 Å². The number of benzene rings is 1. The van der Waals surface area contributed by atoms with Crippen molar-refractivity contribution < 1.29 is 4.79 Å². The molecule has 0 saturated carbocycles. The Bertz CT molecular complexity index is 423. The zero-order valence-corrected chi connectivity index (χ0v) is 13.0. The monoisotopic (exact) mass is 276 g/mol. The van der Waals surface area contributed by atoms with E-state index < -0.39 is 0 Å². The van der Waals surface area contributed by atoms with Gasteiger partial charge in [-0.1, -0.05) is 31.9 Å². The van der Waals surface area contributed by atoms with E-state index in [1.165, 1.54) is 5.56 Å². The summed E-state index contributed by atoms with van der Waals surface area (Å²) in [4.78, 5) is 12.0. The number of aryl methyl sites for hydroxylation is 1. The first kappa shape index (κ1) is 16.7. The fourth-order valence-electron chi connectivity index (χ4n) is 2.51. The quantitative estimate of drug-likeness (QED) is 0.759. The number of rotatable bonds is 8. The minimum Gasteiger partial charge on any atom is -0.330 e. The lowest BCUT2D eigenvalue weighted by molar-refractivity contribution is -0.116. The van der Waals surface area contributed by atoms with Gasteiger partial charge in [-0.25, -0.2) is 0 Å². The summed E-state index contributed by atoms with van der Waals surface area (Å²) in [6, 6.07) is 6.00. The summed E-state index contributed by atoms with van der Waals surface area (Å²) in [5, 5.41) is 3.02. The highest BCUT2D eigenvalue weighted by Crippen LogP contribution is 2.20. The summed E-state index contributed by atoms with van der Waals surface area (Å²) in [6.45, 7) is 6.99. The zero-order valence-electron chi connectivity index (χ0n) is 13.0. The largest absolute Gasteiger partial charge is 0.330 e. The van der Waals surface area contributed by atoms with Crippen LogP contribution in [0.15, 0.2) is 18.2 Å². The molecule has 0 aliphatic rings. The molecule has 1 unspecified atom stereocenters. The van der Waals surface area contributed by atoms with Crippen molar-refractivity contribution in [1.82, 2.24) is 0 Å². The number of nitrogens with one attached hydrogen (secondary N) is 1. The Morgan fingerprint density at radius 3 is 2.65 bits per heavy atom. The lowest BCUT2D eigenvalue weighted by Crippen LogP contribution is -2.16. The van der Waals surface area contributed by atoms with Gasteiger partial charge in [0.25, 0.3) is 0 Å². The second-order valence-electron chi connectivity index (χ2n) is 5.57. The highest BCUT2D eigenvalue weighted by atomic mass is 16.1. The van der Waals surface area contributed by atoms with Crippen LogP contribution in [-0.2, 0) is 4.79 Å². The molecular formula is C17H28N2O.